The number of hydrogen-bond donors (Lipinski definition) is 2. The first kappa shape index (κ1) is 23.3. The van der Waals surface area contributed by atoms with Gasteiger partial charge in [-0.3, -0.25) is 29.8 Å². The molecule has 2 aromatic carbocycles. The zero-order valence-electron chi connectivity index (χ0n) is 19.6. The molecule has 184 valence electrons. The van der Waals surface area contributed by atoms with Gasteiger partial charge in [-0.1, -0.05) is 67.1 Å². The monoisotopic (exact) mass is 486 g/mol. The van der Waals surface area contributed by atoms with Crippen LogP contribution in [0, 0.1) is 5.92 Å². The Balaban J connectivity index is 1.51. The first-order valence-electron chi connectivity index (χ1n) is 11.9. The Labute approximate surface area is 206 Å². The molecule has 36 heavy (non-hydrogen) atoms. The van der Waals surface area contributed by atoms with Crippen LogP contribution in [0.5, 0.6) is 0 Å². The fraction of sp³-hybridized carbons (Fsp3) is 0.269. The quantitative estimate of drug-likeness (QED) is 0.383. The van der Waals surface area contributed by atoms with E-state index in [0.29, 0.717) is 6.54 Å². The van der Waals surface area contributed by atoms with Crippen molar-refractivity contribution >= 4 is 23.0 Å². The lowest BCUT2D eigenvalue weighted by Gasteiger charge is -2.24. The molecule has 0 saturated heterocycles. The van der Waals surface area contributed by atoms with Crippen molar-refractivity contribution in [3.63, 3.8) is 0 Å². The lowest BCUT2D eigenvalue weighted by Crippen LogP contribution is -2.50. The first-order valence-corrected chi connectivity index (χ1v) is 11.9. The average molecular weight is 487 g/mol. The molecule has 2 aromatic heterocycles. The van der Waals surface area contributed by atoms with E-state index in [0.717, 1.165) is 35.0 Å². The number of hydrogen-bond acceptors (Lipinski definition) is 5. The molecule has 1 saturated carbocycles. The van der Waals surface area contributed by atoms with Gasteiger partial charge in [-0.15, -0.1) is 0 Å². The van der Waals surface area contributed by atoms with Gasteiger partial charge in [0.25, 0.3) is 11.5 Å². The summed E-state index contributed by atoms with van der Waals surface area (Å²) in [6.45, 7) is 0.0163. The molecule has 0 spiro atoms. The van der Waals surface area contributed by atoms with Gasteiger partial charge in [0, 0.05) is 12.5 Å². The van der Waals surface area contributed by atoms with Gasteiger partial charge in [-0.2, -0.15) is 0 Å². The highest BCUT2D eigenvalue weighted by Crippen LogP contribution is 2.25. The molecule has 1 aliphatic rings. The predicted octanol–water partition coefficient (Wildman–Crippen LogP) is 1.40. The lowest BCUT2D eigenvalue weighted by atomic mass is 9.85. The molecule has 2 amide bonds. The summed E-state index contributed by atoms with van der Waals surface area (Å²) >= 11 is 0. The number of benzene rings is 2. The fourth-order valence-electron chi connectivity index (χ4n) is 4.27. The van der Waals surface area contributed by atoms with Crippen molar-refractivity contribution in [2.45, 2.75) is 38.9 Å². The maximum atomic E-state index is 13.5. The largest absolute Gasteiger partial charge is 0.333 e. The van der Waals surface area contributed by atoms with Crippen LogP contribution in [0.25, 0.3) is 11.2 Å². The van der Waals surface area contributed by atoms with Crippen molar-refractivity contribution in [3.8, 4) is 0 Å². The minimum Gasteiger partial charge on any atom is -0.320 e. The van der Waals surface area contributed by atoms with Crippen molar-refractivity contribution < 1.29 is 9.59 Å². The summed E-state index contributed by atoms with van der Waals surface area (Å²) in [5.41, 5.74) is 5.74. The van der Waals surface area contributed by atoms with Crippen molar-refractivity contribution in [2.75, 3.05) is 0 Å². The zero-order valence-corrected chi connectivity index (χ0v) is 19.6. The van der Waals surface area contributed by atoms with Gasteiger partial charge in [0.2, 0.25) is 5.91 Å². The van der Waals surface area contributed by atoms with Crippen molar-refractivity contribution in [2.24, 2.45) is 5.92 Å². The molecule has 0 unspecified atom stereocenters. The van der Waals surface area contributed by atoms with E-state index in [2.05, 4.69) is 15.8 Å². The van der Waals surface area contributed by atoms with Crippen molar-refractivity contribution in [1.82, 2.24) is 29.5 Å². The maximum absolute atomic E-state index is 13.5. The first-order chi connectivity index (χ1) is 17.5. The van der Waals surface area contributed by atoms with Crippen LogP contribution in [0.15, 0.2) is 76.6 Å². The van der Waals surface area contributed by atoms with Gasteiger partial charge < -0.3 is 4.57 Å². The number of nitrogens with zero attached hydrogens (tertiary/aromatic N) is 4. The number of fused-ring (bicyclic) bond motifs is 1. The standard InChI is InChI=1S/C26H26N6O4/c33-21(28-29-24(34)20-12-7-13-20)16-32-25(35)22-23(27-17-30(22)14-18-8-3-1-4-9-18)31(26(32)36)15-19-10-5-2-6-11-19/h1-6,8-11,17,20H,7,12-16H2,(H,28,33)(H,29,34). The second-order valence-corrected chi connectivity index (χ2v) is 8.94. The molecule has 0 radical (unpaired) electrons. The van der Waals surface area contributed by atoms with Gasteiger partial charge in [0.1, 0.15) is 6.54 Å². The van der Waals surface area contributed by atoms with Crippen LogP contribution in [-0.2, 0) is 29.2 Å². The van der Waals surface area contributed by atoms with Crippen LogP contribution in [0.4, 0.5) is 0 Å². The average Bonchev–Trinajstić information content (AvgIpc) is 3.27. The molecule has 2 heterocycles. The second kappa shape index (κ2) is 10.0. The Morgan fingerprint density at radius 1 is 0.861 bits per heavy atom. The number of amides is 2. The minimum absolute atomic E-state index is 0.111. The molecule has 10 nitrogen and oxygen atoms in total. The highest BCUT2D eigenvalue weighted by Gasteiger charge is 2.26. The van der Waals surface area contributed by atoms with E-state index in [1.807, 2.05) is 60.7 Å². The van der Waals surface area contributed by atoms with Gasteiger partial charge in [0.15, 0.2) is 11.2 Å². The Hall–Kier alpha value is -4.47. The van der Waals surface area contributed by atoms with E-state index < -0.39 is 23.7 Å². The van der Waals surface area contributed by atoms with Crippen LogP contribution in [0.2, 0.25) is 0 Å². The number of aromatic nitrogens is 4. The van der Waals surface area contributed by atoms with Crippen LogP contribution in [0.1, 0.15) is 30.4 Å². The third-order valence-corrected chi connectivity index (χ3v) is 6.47. The van der Waals surface area contributed by atoms with Crippen LogP contribution < -0.4 is 22.1 Å². The summed E-state index contributed by atoms with van der Waals surface area (Å²) in [5, 5.41) is 0. The van der Waals surface area contributed by atoms with Crippen molar-refractivity contribution in [1.29, 1.82) is 0 Å². The molecule has 1 fully saturated rings. The number of rotatable bonds is 7. The summed E-state index contributed by atoms with van der Waals surface area (Å²) in [7, 11) is 0. The van der Waals surface area contributed by atoms with Crippen molar-refractivity contribution in [3.05, 3.63) is 99.0 Å². The summed E-state index contributed by atoms with van der Waals surface area (Å²) in [4.78, 5) is 56.0. The topological polar surface area (TPSA) is 120 Å². The number of hydrazine groups is 1. The van der Waals surface area contributed by atoms with E-state index >= 15 is 0 Å². The number of carbonyl (C=O) groups excluding carboxylic acids is 2. The van der Waals surface area contributed by atoms with Gasteiger partial charge in [0.05, 0.1) is 12.9 Å². The predicted molar refractivity (Wildman–Crippen MR) is 133 cm³/mol. The second-order valence-electron chi connectivity index (χ2n) is 8.94. The molecule has 2 N–H and O–H groups in total. The zero-order chi connectivity index (χ0) is 25.1. The maximum Gasteiger partial charge on any atom is 0.333 e. The molecule has 5 rings (SSSR count). The Kier molecular flexibility index (Phi) is 6.48. The molecule has 10 heteroatoms. The fourth-order valence-corrected chi connectivity index (χ4v) is 4.27. The van der Waals surface area contributed by atoms with E-state index in [-0.39, 0.29) is 29.5 Å². The molecular weight excluding hydrogens is 460 g/mol. The third-order valence-electron chi connectivity index (χ3n) is 6.47. The van der Waals surface area contributed by atoms with E-state index in [1.54, 1.807) is 4.57 Å². The molecule has 0 bridgehead atoms. The summed E-state index contributed by atoms with van der Waals surface area (Å²) in [5.74, 6) is -1.04. The molecule has 0 aliphatic heterocycles. The highest BCUT2D eigenvalue weighted by atomic mass is 16.2. The van der Waals surface area contributed by atoms with Crippen LogP contribution >= 0.6 is 0 Å². The summed E-state index contributed by atoms with van der Waals surface area (Å²) in [6, 6.07) is 18.9. The SMILES string of the molecule is O=C(Cn1c(=O)c2c(ncn2Cc2ccccc2)n(Cc2ccccc2)c1=O)NNC(=O)C1CCC1. The third kappa shape index (κ3) is 4.70. The molecule has 4 aromatic rings. The van der Waals surface area contributed by atoms with E-state index in [4.69, 9.17) is 0 Å². The molecular formula is C26H26N6O4. The minimum atomic E-state index is -0.665. The highest BCUT2D eigenvalue weighted by molar-refractivity contribution is 5.83. The Morgan fingerprint density at radius 2 is 1.50 bits per heavy atom. The van der Waals surface area contributed by atoms with Gasteiger partial charge in [-0.05, 0) is 24.0 Å². The number of carbonyl (C=O) groups is 2. The van der Waals surface area contributed by atoms with Crippen LogP contribution in [-0.4, -0.2) is 30.5 Å². The Morgan fingerprint density at radius 3 is 2.11 bits per heavy atom. The molecule has 1 aliphatic carbocycles. The number of imidazole rings is 1. The van der Waals surface area contributed by atoms with E-state index in [9.17, 15) is 19.2 Å². The Bertz CT molecular complexity index is 1520. The smallest absolute Gasteiger partial charge is 0.320 e. The summed E-state index contributed by atoms with van der Waals surface area (Å²) in [6.07, 6.45) is 4.09. The summed E-state index contributed by atoms with van der Waals surface area (Å²) < 4.78 is 3.97. The lowest BCUT2D eigenvalue weighted by molar-refractivity contribution is -0.133. The normalized spacial score (nSPS) is 13.3. The van der Waals surface area contributed by atoms with Gasteiger partial charge in [-0.25, -0.2) is 14.3 Å². The number of nitrogens with one attached hydrogen (secondary N) is 2. The van der Waals surface area contributed by atoms with E-state index in [1.165, 1.54) is 10.9 Å². The van der Waals surface area contributed by atoms with Crippen LogP contribution in [0.3, 0.4) is 0 Å². The van der Waals surface area contributed by atoms with Gasteiger partial charge >= 0.3 is 5.69 Å². The molecule has 0 atom stereocenters.